The number of alkyl halides is 2. The summed E-state index contributed by atoms with van der Waals surface area (Å²) in [7, 11) is -0.911. The summed E-state index contributed by atoms with van der Waals surface area (Å²) < 4.78 is 57.1. The Bertz CT molecular complexity index is 567. The van der Waals surface area contributed by atoms with E-state index >= 15 is 0 Å². The van der Waals surface area contributed by atoms with Crippen molar-refractivity contribution in [1.29, 1.82) is 0 Å². The van der Waals surface area contributed by atoms with E-state index in [1.807, 2.05) is 0 Å². The molecule has 0 amide bonds. The number of halogens is 2. The third-order valence-corrected chi connectivity index (χ3v) is 5.25. The van der Waals surface area contributed by atoms with Crippen LogP contribution in [-0.2, 0) is 21.8 Å². The monoisotopic (exact) mass is 295 g/mol. The van der Waals surface area contributed by atoms with Gasteiger partial charge >= 0.3 is 0 Å². The predicted octanol–water partition coefficient (Wildman–Crippen LogP) is 1.28. The van der Waals surface area contributed by atoms with E-state index in [1.54, 1.807) is 0 Å². The molecule has 1 fully saturated rings. The van der Waals surface area contributed by atoms with Crippen LogP contribution in [0.2, 0.25) is 0 Å². The van der Waals surface area contributed by atoms with Gasteiger partial charge in [0, 0.05) is 20.4 Å². The molecule has 0 spiro atoms. The summed E-state index contributed by atoms with van der Waals surface area (Å²) in [6, 6.07) is 0. The topological polar surface area (TPSA) is 73.2 Å². The highest BCUT2D eigenvalue weighted by Gasteiger charge is 2.55. The van der Waals surface area contributed by atoms with Crippen molar-refractivity contribution in [2.24, 2.45) is 7.05 Å². The molecular weight excluding hydrogens is 280 g/mol. The molecule has 1 aromatic rings. The number of aromatic nitrogens is 2. The quantitative estimate of drug-likeness (QED) is 0.858. The molecule has 0 saturated heterocycles. The lowest BCUT2D eigenvalue weighted by Crippen LogP contribution is -2.33. The van der Waals surface area contributed by atoms with Gasteiger partial charge in [-0.2, -0.15) is 5.10 Å². The smallest absolute Gasteiger partial charge is 0.284 e. The zero-order valence-corrected chi connectivity index (χ0v) is 11.4. The first kappa shape index (κ1) is 14.2. The van der Waals surface area contributed by atoms with Crippen molar-refractivity contribution in [3.8, 4) is 0 Å². The third kappa shape index (κ3) is 2.57. The van der Waals surface area contributed by atoms with Crippen LogP contribution >= 0.6 is 0 Å². The fourth-order valence-corrected chi connectivity index (χ4v) is 3.47. The van der Waals surface area contributed by atoms with Crippen LogP contribution in [0.3, 0.4) is 0 Å². The van der Waals surface area contributed by atoms with Crippen molar-refractivity contribution in [2.45, 2.75) is 24.0 Å². The maximum absolute atomic E-state index is 12.7. The molecule has 6 nitrogen and oxygen atoms in total. The Balaban J connectivity index is 2.26. The van der Waals surface area contributed by atoms with E-state index in [-0.39, 0.29) is 12.3 Å². The Kier molecular flexibility index (Phi) is 3.52. The molecule has 1 aromatic heterocycles. The van der Waals surface area contributed by atoms with E-state index in [2.05, 4.69) is 9.82 Å². The number of aryl methyl sites for hydroxylation is 1. The van der Waals surface area contributed by atoms with Gasteiger partial charge in [0.15, 0.2) is 5.69 Å². The van der Waals surface area contributed by atoms with Crippen molar-refractivity contribution >= 4 is 15.7 Å². The number of sulfonamides is 1. The first-order chi connectivity index (χ1) is 8.81. The maximum atomic E-state index is 12.7. The molecule has 1 aliphatic carbocycles. The number of nitrogens with zero attached hydrogens (tertiary/aromatic N) is 2. The minimum Gasteiger partial charge on any atom is -0.383 e. The molecule has 0 radical (unpaired) electrons. The molecule has 0 aliphatic heterocycles. The van der Waals surface area contributed by atoms with Crippen LogP contribution in [0.15, 0.2) is 6.20 Å². The highest BCUT2D eigenvalue weighted by Crippen LogP contribution is 2.44. The summed E-state index contributed by atoms with van der Waals surface area (Å²) in [4.78, 5) is 0. The zero-order chi connectivity index (χ0) is 14.3. The van der Waals surface area contributed by atoms with E-state index < -0.39 is 26.9 Å². The second-order valence-corrected chi connectivity index (χ2v) is 6.70. The van der Waals surface area contributed by atoms with Crippen molar-refractivity contribution in [3.63, 3.8) is 0 Å². The first-order valence-corrected chi connectivity index (χ1v) is 7.13. The third-order valence-electron chi connectivity index (χ3n) is 3.09. The number of anilines is 1. The Hall–Kier alpha value is -1.22. The summed E-state index contributed by atoms with van der Waals surface area (Å²) in [5.41, 5.74) is -0.751. The molecule has 2 rings (SSSR count). The number of ether oxygens (including phenoxy) is 1. The van der Waals surface area contributed by atoms with Gasteiger partial charge in [0.2, 0.25) is 10.0 Å². The maximum Gasteiger partial charge on any atom is 0.284 e. The standard InChI is InChI=1S/C10H15F2N3O3S/c1-15-5-7(8(13-15)9(11)12)14-19(16,17)10(3-4-10)6-18-2/h5,9,14H,3-4,6H2,1-2H3. The Morgan fingerprint density at radius 2 is 2.21 bits per heavy atom. The molecule has 0 bridgehead atoms. The summed E-state index contributed by atoms with van der Waals surface area (Å²) >= 11 is 0. The molecule has 1 saturated carbocycles. The lowest BCUT2D eigenvalue weighted by molar-refractivity contribution is 0.146. The van der Waals surface area contributed by atoms with Gasteiger partial charge in [-0.1, -0.05) is 0 Å². The highest BCUT2D eigenvalue weighted by atomic mass is 32.2. The van der Waals surface area contributed by atoms with Gasteiger partial charge in [0.05, 0.1) is 12.3 Å². The van der Waals surface area contributed by atoms with Gasteiger partial charge < -0.3 is 4.74 Å². The molecule has 0 unspecified atom stereocenters. The molecule has 0 atom stereocenters. The number of nitrogens with one attached hydrogen (secondary N) is 1. The van der Waals surface area contributed by atoms with E-state index in [0.717, 1.165) is 4.68 Å². The van der Waals surface area contributed by atoms with Crippen LogP contribution in [0.4, 0.5) is 14.5 Å². The summed E-state index contributed by atoms with van der Waals surface area (Å²) in [6.45, 7) is 0.0482. The molecule has 19 heavy (non-hydrogen) atoms. The van der Waals surface area contributed by atoms with E-state index in [0.29, 0.717) is 12.8 Å². The van der Waals surface area contributed by atoms with Crippen LogP contribution in [-0.4, -0.2) is 36.7 Å². The average Bonchev–Trinajstić information content (AvgIpc) is 2.98. The van der Waals surface area contributed by atoms with Gasteiger partial charge in [-0.25, -0.2) is 17.2 Å². The van der Waals surface area contributed by atoms with Gasteiger partial charge in [0.25, 0.3) is 6.43 Å². The Labute approximate surface area is 109 Å². The Morgan fingerprint density at radius 3 is 2.68 bits per heavy atom. The van der Waals surface area contributed by atoms with Gasteiger partial charge in [-0.05, 0) is 12.8 Å². The summed E-state index contributed by atoms with van der Waals surface area (Å²) in [6.07, 6.45) is -0.695. The van der Waals surface area contributed by atoms with Crippen LogP contribution in [0.1, 0.15) is 25.0 Å². The second kappa shape index (κ2) is 4.71. The molecular formula is C10H15F2N3O3S. The zero-order valence-electron chi connectivity index (χ0n) is 10.6. The lowest BCUT2D eigenvalue weighted by Gasteiger charge is -2.16. The minimum atomic E-state index is -3.77. The van der Waals surface area contributed by atoms with Gasteiger partial charge in [-0.15, -0.1) is 0 Å². The number of rotatable bonds is 6. The van der Waals surface area contributed by atoms with Crippen molar-refractivity contribution in [1.82, 2.24) is 9.78 Å². The van der Waals surface area contributed by atoms with Crippen molar-refractivity contribution in [3.05, 3.63) is 11.9 Å². The fraction of sp³-hybridized carbons (Fsp3) is 0.700. The highest BCUT2D eigenvalue weighted by molar-refractivity contribution is 7.94. The SMILES string of the molecule is COCC1(S(=O)(=O)Nc2cn(C)nc2C(F)F)CC1. The van der Waals surface area contributed by atoms with Crippen LogP contribution in [0.5, 0.6) is 0 Å². The van der Waals surface area contributed by atoms with Crippen LogP contribution in [0.25, 0.3) is 0 Å². The second-order valence-electron chi connectivity index (χ2n) is 4.62. The number of hydrogen-bond acceptors (Lipinski definition) is 4. The summed E-state index contributed by atoms with van der Waals surface area (Å²) in [5, 5.41) is 3.55. The summed E-state index contributed by atoms with van der Waals surface area (Å²) in [5.74, 6) is 0. The van der Waals surface area contributed by atoms with Crippen LogP contribution in [0, 0.1) is 0 Å². The van der Waals surface area contributed by atoms with E-state index in [9.17, 15) is 17.2 Å². The molecule has 1 aliphatic rings. The molecule has 1 N–H and O–H groups in total. The van der Waals surface area contributed by atoms with E-state index in [4.69, 9.17) is 4.74 Å². The first-order valence-electron chi connectivity index (χ1n) is 5.64. The average molecular weight is 295 g/mol. The Morgan fingerprint density at radius 1 is 1.58 bits per heavy atom. The van der Waals surface area contributed by atoms with Crippen molar-refractivity contribution < 1.29 is 21.9 Å². The van der Waals surface area contributed by atoms with E-state index in [1.165, 1.54) is 20.4 Å². The number of methoxy groups -OCH3 is 1. The molecule has 9 heteroatoms. The lowest BCUT2D eigenvalue weighted by atomic mass is 10.4. The normalized spacial score (nSPS) is 17.7. The minimum absolute atomic E-state index is 0.0482. The van der Waals surface area contributed by atoms with Crippen LogP contribution < -0.4 is 4.72 Å². The van der Waals surface area contributed by atoms with Gasteiger partial charge in [-0.3, -0.25) is 9.40 Å². The molecule has 108 valence electrons. The fourth-order valence-electron chi connectivity index (χ4n) is 1.89. The number of hydrogen-bond donors (Lipinski definition) is 1. The molecule has 1 heterocycles. The van der Waals surface area contributed by atoms with Gasteiger partial charge in [0.1, 0.15) is 4.75 Å². The van der Waals surface area contributed by atoms with Crippen molar-refractivity contribution in [2.75, 3.05) is 18.4 Å². The largest absolute Gasteiger partial charge is 0.383 e. The molecule has 0 aromatic carbocycles. The predicted molar refractivity (Wildman–Crippen MR) is 64.5 cm³/mol.